The van der Waals surface area contributed by atoms with E-state index in [1.54, 1.807) is 0 Å². The average Bonchev–Trinajstić information content (AvgIpc) is 2.09. The van der Waals surface area contributed by atoms with Crippen LogP contribution >= 0.6 is 0 Å². The van der Waals surface area contributed by atoms with Crippen LogP contribution in [0.25, 0.3) is 0 Å². The molecule has 0 fully saturated rings. The van der Waals surface area contributed by atoms with Gasteiger partial charge in [-0.2, -0.15) is 0 Å². The lowest BCUT2D eigenvalue weighted by Crippen LogP contribution is -1.77. The van der Waals surface area contributed by atoms with Gasteiger partial charge < -0.3 is 5.11 Å². The zero-order chi connectivity index (χ0) is 12.0. The van der Waals surface area contributed by atoms with Gasteiger partial charge in [-0.25, -0.2) is 0 Å². The number of rotatable bonds is 1. The SMILES string of the molecule is [2H]c1c([2H])c([2H])c(C([2H])([2H])O)c([2H])c1[2H]. The van der Waals surface area contributed by atoms with Crippen LogP contribution < -0.4 is 0 Å². The van der Waals surface area contributed by atoms with Crippen LogP contribution in [0.4, 0.5) is 0 Å². The van der Waals surface area contributed by atoms with Crippen molar-refractivity contribution in [1.29, 1.82) is 0 Å². The van der Waals surface area contributed by atoms with Crippen LogP contribution in [-0.4, -0.2) is 5.11 Å². The topological polar surface area (TPSA) is 20.2 Å². The minimum absolute atomic E-state index is 0.613. The van der Waals surface area contributed by atoms with Crippen LogP contribution in [0, 0.1) is 0 Å². The lowest BCUT2D eigenvalue weighted by Gasteiger charge is -1.89. The third kappa shape index (κ3) is 1.07. The second-order valence-corrected chi connectivity index (χ2v) is 1.11. The van der Waals surface area contributed by atoms with Gasteiger partial charge in [0, 0.05) is 0 Å². The van der Waals surface area contributed by atoms with Gasteiger partial charge in [0.2, 0.25) is 0 Å². The Hall–Kier alpha value is -0.820. The average molecular weight is 115 g/mol. The van der Waals surface area contributed by atoms with Crippen molar-refractivity contribution in [2.45, 2.75) is 6.56 Å². The Morgan fingerprint density at radius 1 is 1.50 bits per heavy atom. The fourth-order valence-electron chi connectivity index (χ4n) is 0.306. The minimum Gasteiger partial charge on any atom is -0.392 e. The van der Waals surface area contributed by atoms with E-state index in [0.717, 1.165) is 0 Å². The van der Waals surface area contributed by atoms with Gasteiger partial charge in [-0.3, -0.25) is 0 Å². The zero-order valence-electron chi connectivity index (χ0n) is 10.9. The summed E-state index contributed by atoms with van der Waals surface area (Å²) in [5.74, 6) is 0. The standard InChI is InChI=1S/C7H8O/c8-6-7-4-2-1-3-5-7/h1-5,8H,6H2/i1D,2D,3D,4D,5D,6D2. The van der Waals surface area contributed by atoms with Crippen molar-refractivity contribution in [1.82, 2.24) is 0 Å². The summed E-state index contributed by atoms with van der Waals surface area (Å²) in [5, 5.41) is 9.06. The number of hydrogen-bond acceptors (Lipinski definition) is 1. The van der Waals surface area contributed by atoms with Gasteiger partial charge in [0.1, 0.15) is 0 Å². The number of aliphatic hydroxyl groups is 1. The molecule has 0 spiro atoms. The molecule has 1 heteroatoms. The molecule has 1 N–H and O–H groups in total. The number of benzene rings is 1. The van der Waals surface area contributed by atoms with Crippen molar-refractivity contribution in [3.8, 4) is 0 Å². The molecule has 1 aromatic rings. The Morgan fingerprint density at radius 3 is 2.62 bits per heavy atom. The lowest BCUT2D eigenvalue weighted by atomic mass is 10.2. The normalized spacial score (nSPS) is 23.4. The van der Waals surface area contributed by atoms with Gasteiger partial charge in [-0.15, -0.1) is 0 Å². The molecule has 0 aliphatic heterocycles. The molecule has 1 nitrogen and oxygen atoms in total. The van der Waals surface area contributed by atoms with Crippen LogP contribution in [0.2, 0.25) is 0 Å². The molecule has 0 heterocycles. The molecule has 0 atom stereocenters. The van der Waals surface area contributed by atoms with Crippen LogP contribution in [0.15, 0.2) is 30.2 Å². The first-order chi connectivity index (χ1) is 6.68. The summed E-state index contributed by atoms with van der Waals surface area (Å²) in [5.41, 5.74) is -0.742. The van der Waals surface area contributed by atoms with E-state index in [9.17, 15) is 0 Å². The zero-order valence-corrected chi connectivity index (χ0v) is 3.95. The summed E-state index contributed by atoms with van der Waals surface area (Å²) < 4.78 is 50.3. The molecule has 0 aliphatic rings. The van der Waals surface area contributed by atoms with Crippen molar-refractivity contribution < 1.29 is 14.7 Å². The Balaban J connectivity index is 3.68. The molecule has 1 rings (SSSR count). The number of hydrogen-bond donors (Lipinski definition) is 1. The van der Waals surface area contributed by atoms with Gasteiger partial charge in [-0.1, -0.05) is 30.2 Å². The van der Waals surface area contributed by atoms with Gasteiger partial charge >= 0.3 is 0 Å². The largest absolute Gasteiger partial charge is 0.392 e. The maximum Gasteiger partial charge on any atom is 0.0681 e. The summed E-state index contributed by atoms with van der Waals surface area (Å²) in [7, 11) is 0. The summed E-state index contributed by atoms with van der Waals surface area (Å²) in [6, 6.07) is -3.40. The van der Waals surface area contributed by atoms with Gasteiger partial charge in [0.25, 0.3) is 0 Å². The monoisotopic (exact) mass is 115 g/mol. The maximum atomic E-state index is 9.06. The highest BCUT2D eigenvalue weighted by atomic mass is 16.3. The molecule has 8 heavy (non-hydrogen) atoms. The highest BCUT2D eigenvalue weighted by Gasteiger charge is 1.81. The first-order valence-electron chi connectivity index (χ1n) is 5.47. The summed E-state index contributed by atoms with van der Waals surface area (Å²) >= 11 is 0. The Morgan fingerprint density at radius 2 is 2.12 bits per heavy atom. The smallest absolute Gasteiger partial charge is 0.0681 e. The van der Waals surface area contributed by atoms with Crippen LogP contribution in [0.5, 0.6) is 0 Å². The predicted molar refractivity (Wildman–Crippen MR) is 32.4 cm³/mol. The van der Waals surface area contributed by atoms with Crippen LogP contribution in [0.1, 0.15) is 15.2 Å². The van der Waals surface area contributed by atoms with Crippen molar-refractivity contribution in [3.63, 3.8) is 0 Å². The van der Waals surface area contributed by atoms with Crippen molar-refractivity contribution in [2.24, 2.45) is 0 Å². The molecule has 0 unspecified atom stereocenters. The van der Waals surface area contributed by atoms with Gasteiger partial charge in [-0.05, 0) is 5.56 Å². The Kier molecular flexibility index (Phi) is 0.422. The second kappa shape index (κ2) is 2.48. The molecule has 0 amide bonds. The molecular weight excluding hydrogens is 100 g/mol. The van der Waals surface area contributed by atoms with E-state index in [2.05, 4.69) is 0 Å². The lowest BCUT2D eigenvalue weighted by molar-refractivity contribution is 0.282. The van der Waals surface area contributed by atoms with Crippen molar-refractivity contribution >= 4 is 0 Å². The second-order valence-electron chi connectivity index (χ2n) is 1.11. The highest BCUT2D eigenvalue weighted by Crippen LogP contribution is 1.95. The van der Waals surface area contributed by atoms with E-state index in [4.69, 9.17) is 14.7 Å². The Labute approximate surface area is 58.4 Å². The molecule has 0 aromatic heterocycles. The van der Waals surface area contributed by atoms with E-state index < -0.39 is 42.3 Å². The minimum atomic E-state index is -2.95. The summed E-state index contributed by atoms with van der Waals surface area (Å²) in [4.78, 5) is 0. The molecule has 0 radical (unpaired) electrons. The third-order valence-corrected chi connectivity index (χ3v) is 0.612. The highest BCUT2D eigenvalue weighted by molar-refractivity contribution is 5.12. The van der Waals surface area contributed by atoms with Gasteiger partial charge in [0.15, 0.2) is 0 Å². The fourth-order valence-corrected chi connectivity index (χ4v) is 0.306. The molecule has 42 valence electrons. The summed E-state index contributed by atoms with van der Waals surface area (Å²) in [6.07, 6.45) is 0. The predicted octanol–water partition coefficient (Wildman–Crippen LogP) is 1.18. The van der Waals surface area contributed by atoms with E-state index >= 15 is 0 Å². The fraction of sp³-hybridized carbons (Fsp3) is 0.143. The van der Waals surface area contributed by atoms with Gasteiger partial charge in [0.05, 0.1) is 16.2 Å². The van der Waals surface area contributed by atoms with E-state index in [1.165, 1.54) is 0 Å². The maximum absolute atomic E-state index is 9.06. The molecular formula is C7H8O. The Bertz CT molecular complexity index is 380. The van der Waals surface area contributed by atoms with Crippen molar-refractivity contribution in [2.75, 3.05) is 0 Å². The molecule has 0 saturated heterocycles. The van der Waals surface area contributed by atoms with Crippen molar-refractivity contribution in [3.05, 3.63) is 35.8 Å². The molecule has 0 aliphatic carbocycles. The molecule has 0 bridgehead atoms. The third-order valence-electron chi connectivity index (χ3n) is 0.612. The van der Waals surface area contributed by atoms with Crippen LogP contribution in [0.3, 0.4) is 0 Å². The molecule has 1 aromatic carbocycles. The summed E-state index contributed by atoms with van der Waals surface area (Å²) in [6.45, 7) is -2.95. The van der Waals surface area contributed by atoms with E-state index in [1.807, 2.05) is 0 Å². The first-order valence-corrected chi connectivity index (χ1v) is 1.97. The van der Waals surface area contributed by atoms with Crippen LogP contribution in [-0.2, 0) is 6.56 Å². The van der Waals surface area contributed by atoms with E-state index in [0.29, 0.717) is 0 Å². The molecule has 0 saturated carbocycles. The quantitative estimate of drug-likeness (QED) is 0.582. The van der Waals surface area contributed by atoms with E-state index in [-0.39, 0.29) is 0 Å². The first kappa shape index (κ1) is 1.36.